The van der Waals surface area contributed by atoms with Gasteiger partial charge in [0, 0.05) is 31.9 Å². The number of carbonyl (C=O) groups is 1. The molecule has 1 aliphatic heterocycles. The normalized spacial score (nSPS) is 28.7. The molecule has 10 heteroatoms. The second-order valence-electron chi connectivity index (χ2n) is 8.59. The number of alkyl halides is 3. The standard InChI is InChI=1S/C19H27F3N4O.CH2O2/c1-25(2)15-7-13-9-26(18-23-6-5-17(24-18)19(20,21)22)10-14(13)8-16(15)27-11-12-3-4-12;2-1-3/h5-6,12-16H,3-4,7-11H2,1-2H3;1H,(H,2,3)/t13-,14+,15-,16-;/m1./s1. The lowest BCUT2D eigenvalue weighted by atomic mass is 9.77. The molecular formula is C20H29F3N4O3. The number of fused-ring (bicyclic) bond motifs is 1. The molecule has 3 aliphatic rings. The molecule has 1 saturated heterocycles. The fourth-order valence-corrected chi connectivity index (χ4v) is 4.48. The van der Waals surface area contributed by atoms with Crippen molar-refractivity contribution < 1.29 is 27.8 Å². The number of anilines is 1. The first kappa shape index (κ1) is 22.7. The lowest BCUT2D eigenvalue weighted by molar-refractivity contribution is -0.141. The highest BCUT2D eigenvalue weighted by Gasteiger charge is 2.44. The maximum atomic E-state index is 13.0. The fraction of sp³-hybridized carbons (Fsp3) is 0.750. The van der Waals surface area contributed by atoms with E-state index in [1.165, 1.54) is 19.0 Å². The zero-order chi connectivity index (χ0) is 21.9. The highest BCUT2D eigenvalue weighted by atomic mass is 19.4. The van der Waals surface area contributed by atoms with Gasteiger partial charge >= 0.3 is 6.18 Å². The first-order valence-electron chi connectivity index (χ1n) is 10.2. The van der Waals surface area contributed by atoms with Crippen LogP contribution in [-0.2, 0) is 15.7 Å². The number of aromatic nitrogens is 2. The Labute approximate surface area is 174 Å². The first-order chi connectivity index (χ1) is 14.2. The van der Waals surface area contributed by atoms with Crippen LogP contribution in [0.5, 0.6) is 0 Å². The van der Waals surface area contributed by atoms with Crippen LogP contribution in [0.3, 0.4) is 0 Å². The van der Waals surface area contributed by atoms with Gasteiger partial charge in [-0.05, 0) is 63.6 Å². The Bertz CT molecular complexity index is 715. The van der Waals surface area contributed by atoms with Crippen LogP contribution in [0.2, 0.25) is 0 Å². The summed E-state index contributed by atoms with van der Waals surface area (Å²) in [4.78, 5) is 20.4. The van der Waals surface area contributed by atoms with Gasteiger partial charge < -0.3 is 19.6 Å². The summed E-state index contributed by atoms with van der Waals surface area (Å²) in [5.74, 6) is 1.78. The molecule has 4 rings (SSSR count). The maximum Gasteiger partial charge on any atom is 0.433 e. The Balaban J connectivity index is 0.000000806. The third-order valence-corrected chi connectivity index (χ3v) is 6.21. The number of hydrogen-bond donors (Lipinski definition) is 1. The topological polar surface area (TPSA) is 78.8 Å². The minimum atomic E-state index is -4.44. The Morgan fingerprint density at radius 2 is 1.90 bits per heavy atom. The Morgan fingerprint density at radius 3 is 2.47 bits per heavy atom. The monoisotopic (exact) mass is 430 g/mol. The average Bonchev–Trinajstić information content (AvgIpc) is 3.42. The predicted molar refractivity (Wildman–Crippen MR) is 104 cm³/mol. The molecule has 0 aromatic carbocycles. The van der Waals surface area contributed by atoms with Crippen molar-refractivity contribution in [2.75, 3.05) is 38.7 Å². The van der Waals surface area contributed by atoms with Crippen LogP contribution in [0.15, 0.2) is 12.3 Å². The Hall–Kier alpha value is -1.94. The molecule has 2 aliphatic carbocycles. The molecule has 1 aromatic heterocycles. The van der Waals surface area contributed by atoms with Gasteiger partial charge in [0.2, 0.25) is 5.95 Å². The molecule has 0 spiro atoms. The first-order valence-corrected chi connectivity index (χ1v) is 10.2. The second kappa shape index (κ2) is 9.47. The molecule has 2 heterocycles. The van der Waals surface area contributed by atoms with E-state index < -0.39 is 11.9 Å². The third-order valence-electron chi connectivity index (χ3n) is 6.21. The van der Waals surface area contributed by atoms with Crippen molar-refractivity contribution in [2.45, 2.75) is 44.0 Å². The van der Waals surface area contributed by atoms with Crippen LogP contribution in [0.1, 0.15) is 31.4 Å². The third kappa shape index (κ3) is 5.60. The van der Waals surface area contributed by atoms with E-state index in [4.69, 9.17) is 14.6 Å². The van der Waals surface area contributed by atoms with Crippen molar-refractivity contribution in [3.05, 3.63) is 18.0 Å². The molecular weight excluding hydrogens is 401 g/mol. The predicted octanol–water partition coefficient (Wildman–Crippen LogP) is 2.77. The number of ether oxygens (including phenoxy) is 1. The van der Waals surface area contributed by atoms with E-state index in [1.807, 2.05) is 4.90 Å². The summed E-state index contributed by atoms with van der Waals surface area (Å²) in [7, 11) is 4.17. The van der Waals surface area contributed by atoms with Gasteiger partial charge in [0.05, 0.1) is 6.10 Å². The van der Waals surface area contributed by atoms with E-state index in [2.05, 4.69) is 29.0 Å². The van der Waals surface area contributed by atoms with Crippen molar-refractivity contribution >= 4 is 12.4 Å². The summed E-state index contributed by atoms with van der Waals surface area (Å²) in [6, 6.07) is 1.28. The number of nitrogens with zero attached hydrogens (tertiary/aromatic N) is 4. The number of likely N-dealkylation sites (N-methyl/N-ethyl adjacent to an activating group) is 1. The van der Waals surface area contributed by atoms with E-state index in [9.17, 15) is 13.2 Å². The minimum Gasteiger partial charge on any atom is -0.483 e. The van der Waals surface area contributed by atoms with Gasteiger partial charge in [-0.1, -0.05) is 0 Å². The van der Waals surface area contributed by atoms with Crippen LogP contribution in [-0.4, -0.2) is 72.4 Å². The molecule has 0 amide bonds. The van der Waals surface area contributed by atoms with Crippen LogP contribution >= 0.6 is 0 Å². The smallest absolute Gasteiger partial charge is 0.433 e. The molecule has 0 bridgehead atoms. The van der Waals surface area contributed by atoms with Crippen molar-refractivity contribution in [1.82, 2.24) is 14.9 Å². The van der Waals surface area contributed by atoms with Crippen LogP contribution < -0.4 is 4.90 Å². The zero-order valence-electron chi connectivity index (χ0n) is 17.3. The summed E-state index contributed by atoms with van der Waals surface area (Å²) < 4.78 is 45.2. The van der Waals surface area contributed by atoms with Gasteiger partial charge in [-0.15, -0.1) is 0 Å². The summed E-state index contributed by atoms with van der Waals surface area (Å²) in [5, 5.41) is 6.89. The SMILES string of the molecule is CN(C)[C@@H]1C[C@@H]2CN(c3nccc(C(F)(F)F)n3)C[C@@H]2C[C@H]1OCC1CC1.O=CO. The molecule has 168 valence electrons. The van der Waals surface area contributed by atoms with Gasteiger partial charge in [-0.3, -0.25) is 4.79 Å². The molecule has 30 heavy (non-hydrogen) atoms. The van der Waals surface area contributed by atoms with Crippen molar-refractivity contribution in [2.24, 2.45) is 17.8 Å². The minimum absolute atomic E-state index is 0.191. The maximum absolute atomic E-state index is 13.0. The number of halogens is 3. The quantitative estimate of drug-likeness (QED) is 0.720. The van der Waals surface area contributed by atoms with E-state index >= 15 is 0 Å². The van der Waals surface area contributed by atoms with Crippen LogP contribution in [0.4, 0.5) is 19.1 Å². The highest BCUT2D eigenvalue weighted by molar-refractivity contribution is 5.34. The Kier molecular flexibility index (Phi) is 7.18. The summed E-state index contributed by atoms with van der Waals surface area (Å²) in [5.41, 5.74) is -0.876. The van der Waals surface area contributed by atoms with Crippen LogP contribution in [0, 0.1) is 17.8 Å². The summed E-state index contributed by atoms with van der Waals surface area (Å²) in [6.07, 6.45) is 1.46. The van der Waals surface area contributed by atoms with Crippen molar-refractivity contribution in [3.63, 3.8) is 0 Å². The van der Waals surface area contributed by atoms with E-state index in [0.29, 0.717) is 31.0 Å². The number of rotatable bonds is 5. The largest absolute Gasteiger partial charge is 0.483 e. The van der Waals surface area contributed by atoms with Gasteiger partial charge in [0.15, 0.2) is 0 Å². The fourth-order valence-electron chi connectivity index (χ4n) is 4.48. The summed E-state index contributed by atoms with van der Waals surface area (Å²) >= 11 is 0. The molecule has 4 atom stereocenters. The lowest BCUT2D eigenvalue weighted by Crippen LogP contribution is -2.48. The molecule has 1 N–H and O–H groups in total. The molecule has 0 unspecified atom stereocenters. The molecule has 0 radical (unpaired) electrons. The van der Waals surface area contributed by atoms with Crippen LogP contribution in [0.25, 0.3) is 0 Å². The van der Waals surface area contributed by atoms with Gasteiger partial charge in [-0.2, -0.15) is 13.2 Å². The zero-order valence-corrected chi connectivity index (χ0v) is 17.3. The van der Waals surface area contributed by atoms with Crippen molar-refractivity contribution in [3.8, 4) is 0 Å². The van der Waals surface area contributed by atoms with Crippen molar-refractivity contribution in [1.29, 1.82) is 0 Å². The van der Waals surface area contributed by atoms with E-state index in [-0.39, 0.29) is 18.5 Å². The summed E-state index contributed by atoms with van der Waals surface area (Å²) in [6.45, 7) is 2.01. The van der Waals surface area contributed by atoms with Gasteiger partial charge in [0.25, 0.3) is 6.47 Å². The Morgan fingerprint density at radius 1 is 1.27 bits per heavy atom. The number of carboxylic acid groups (broad SMARTS) is 1. The van der Waals surface area contributed by atoms with E-state index in [0.717, 1.165) is 31.4 Å². The molecule has 3 fully saturated rings. The number of hydrogen-bond acceptors (Lipinski definition) is 6. The molecule has 2 saturated carbocycles. The second-order valence-corrected chi connectivity index (χ2v) is 8.59. The van der Waals surface area contributed by atoms with E-state index in [1.54, 1.807) is 0 Å². The lowest BCUT2D eigenvalue weighted by Gasteiger charge is -2.41. The molecule has 1 aromatic rings. The highest BCUT2D eigenvalue weighted by Crippen LogP contribution is 2.41. The van der Waals surface area contributed by atoms with Gasteiger partial charge in [-0.25, -0.2) is 9.97 Å². The van der Waals surface area contributed by atoms with Gasteiger partial charge in [0.1, 0.15) is 5.69 Å². The average molecular weight is 430 g/mol. The molecule has 7 nitrogen and oxygen atoms in total.